The Labute approximate surface area is 239 Å². The average molecular weight is 573 g/mol. The van der Waals surface area contributed by atoms with Crippen LogP contribution in [0.3, 0.4) is 0 Å². The lowest BCUT2D eigenvalue weighted by Crippen LogP contribution is -2.39. The lowest BCUT2D eigenvalue weighted by atomic mass is 9.89. The highest BCUT2D eigenvalue weighted by atomic mass is 19.4. The Morgan fingerprint density at radius 2 is 1.90 bits per heavy atom. The van der Waals surface area contributed by atoms with E-state index in [0.29, 0.717) is 5.69 Å². The maximum absolute atomic E-state index is 12.4. The topological polar surface area (TPSA) is 73.9 Å². The van der Waals surface area contributed by atoms with Crippen LogP contribution in [-0.4, -0.2) is 66.7 Å². The summed E-state index contributed by atoms with van der Waals surface area (Å²) in [5.74, 6) is 1.40. The number of alkyl halides is 3. The summed E-state index contributed by atoms with van der Waals surface area (Å²) in [6.07, 6.45) is 10.7. The van der Waals surface area contributed by atoms with Crippen molar-refractivity contribution in [2.24, 2.45) is 5.92 Å². The summed E-state index contributed by atoms with van der Waals surface area (Å²) in [7, 11) is 0. The molecule has 0 saturated carbocycles. The average Bonchev–Trinajstić information content (AvgIpc) is 3.19. The number of benzene rings is 1. The minimum atomic E-state index is -4.47. The molecule has 2 aliphatic heterocycles. The Morgan fingerprint density at radius 3 is 2.61 bits per heavy atom. The van der Waals surface area contributed by atoms with E-state index in [1.165, 1.54) is 5.57 Å². The standard InChI is InChI=1S/C31H39F3N4O3/c1-3-29(25-8-4-10-26(19-25)36-30(40)35-21-31(32,33)34)38-15-6-9-23(12-16-38)24-7-5-11-28(20-24)41-27-13-17-37(18-14-27)22(2)39/h3-5,7-11,19,24,27H,6,12-18,20-21H2,1-2H3,(H2,35,36,40)/b29-3-. The maximum Gasteiger partial charge on any atom is 0.405 e. The Balaban J connectivity index is 1.31. The van der Waals surface area contributed by atoms with Gasteiger partial charge in [0.25, 0.3) is 0 Å². The Hall–Kier alpha value is -3.69. The molecule has 0 spiro atoms. The van der Waals surface area contributed by atoms with E-state index in [0.717, 1.165) is 75.3 Å². The fourth-order valence-corrected chi connectivity index (χ4v) is 5.60. The highest BCUT2D eigenvalue weighted by Crippen LogP contribution is 2.33. The molecule has 3 amide bonds. The predicted molar refractivity (Wildman–Crippen MR) is 154 cm³/mol. The summed E-state index contributed by atoms with van der Waals surface area (Å²) in [6.45, 7) is 5.32. The first-order chi connectivity index (χ1) is 19.6. The first-order valence-electron chi connectivity index (χ1n) is 14.2. The maximum atomic E-state index is 12.4. The molecule has 0 radical (unpaired) electrons. The van der Waals surface area contributed by atoms with E-state index >= 15 is 0 Å². The Kier molecular flexibility index (Phi) is 10.2. The van der Waals surface area contributed by atoms with Gasteiger partial charge in [0, 0.05) is 69.7 Å². The molecule has 1 saturated heterocycles. The molecule has 2 N–H and O–H groups in total. The highest BCUT2D eigenvalue weighted by molar-refractivity contribution is 5.89. The summed E-state index contributed by atoms with van der Waals surface area (Å²) in [5.41, 5.74) is 3.71. The van der Waals surface area contributed by atoms with Crippen molar-refractivity contribution in [2.45, 2.75) is 58.2 Å². The number of hydrogen-bond acceptors (Lipinski definition) is 4. The normalized spacial score (nSPS) is 20.6. The summed E-state index contributed by atoms with van der Waals surface area (Å²) in [6, 6.07) is 6.25. The molecule has 10 heteroatoms. The van der Waals surface area contributed by atoms with E-state index in [9.17, 15) is 22.8 Å². The van der Waals surface area contributed by atoms with Crippen molar-refractivity contribution in [2.75, 3.05) is 38.0 Å². The van der Waals surface area contributed by atoms with Crippen LogP contribution in [0.2, 0.25) is 0 Å². The molecular formula is C31H39F3N4O3. The molecule has 1 aliphatic carbocycles. The predicted octanol–water partition coefficient (Wildman–Crippen LogP) is 6.24. The van der Waals surface area contributed by atoms with Gasteiger partial charge in [-0.2, -0.15) is 13.2 Å². The van der Waals surface area contributed by atoms with Gasteiger partial charge in [-0.3, -0.25) is 4.79 Å². The molecule has 3 aliphatic rings. The van der Waals surface area contributed by atoms with Gasteiger partial charge >= 0.3 is 12.2 Å². The zero-order chi connectivity index (χ0) is 29.4. The van der Waals surface area contributed by atoms with Crippen LogP contribution in [0, 0.1) is 5.92 Å². The molecule has 222 valence electrons. The van der Waals surface area contributed by atoms with E-state index in [2.05, 4.69) is 34.5 Å². The summed E-state index contributed by atoms with van der Waals surface area (Å²) in [5, 5.41) is 4.32. The van der Waals surface area contributed by atoms with E-state index in [1.807, 2.05) is 29.3 Å². The van der Waals surface area contributed by atoms with Crippen molar-refractivity contribution in [3.63, 3.8) is 0 Å². The molecule has 41 heavy (non-hydrogen) atoms. The van der Waals surface area contributed by atoms with Crippen molar-refractivity contribution in [3.8, 4) is 0 Å². The molecule has 0 aromatic heterocycles. The lowest BCUT2D eigenvalue weighted by Gasteiger charge is -2.33. The van der Waals surface area contributed by atoms with Crippen LogP contribution in [0.15, 0.2) is 66.0 Å². The lowest BCUT2D eigenvalue weighted by molar-refractivity contribution is -0.131. The number of nitrogens with zero attached hydrogens (tertiary/aromatic N) is 2. The number of likely N-dealkylation sites (tertiary alicyclic amines) is 1. The summed E-state index contributed by atoms with van der Waals surface area (Å²) in [4.78, 5) is 27.7. The highest BCUT2D eigenvalue weighted by Gasteiger charge is 2.28. The number of carbonyl (C=O) groups is 2. The van der Waals surface area contributed by atoms with Crippen molar-refractivity contribution in [1.29, 1.82) is 0 Å². The largest absolute Gasteiger partial charge is 0.495 e. The second kappa shape index (κ2) is 13.8. The van der Waals surface area contributed by atoms with Gasteiger partial charge in [0.2, 0.25) is 5.91 Å². The van der Waals surface area contributed by atoms with Crippen LogP contribution >= 0.6 is 0 Å². The van der Waals surface area contributed by atoms with Gasteiger partial charge in [0.15, 0.2) is 0 Å². The SMILES string of the molecule is C/C=C(/c1cccc(NC(=O)NCC(F)(F)F)c1)N1CCC=C(C2C=CC=C(OC3CCN(C(C)=O)CC3)C2)CC1. The second-order valence-electron chi connectivity index (χ2n) is 10.6. The van der Waals surface area contributed by atoms with Gasteiger partial charge in [-0.25, -0.2) is 4.79 Å². The van der Waals surface area contributed by atoms with Gasteiger partial charge < -0.3 is 25.2 Å². The molecule has 1 aromatic rings. The molecule has 1 atom stereocenters. The smallest absolute Gasteiger partial charge is 0.405 e. The van der Waals surface area contributed by atoms with E-state index < -0.39 is 18.8 Å². The van der Waals surface area contributed by atoms with Gasteiger partial charge in [-0.15, -0.1) is 0 Å². The number of carbonyl (C=O) groups excluding carboxylic acids is 2. The number of urea groups is 1. The number of hydrogen-bond donors (Lipinski definition) is 2. The van der Waals surface area contributed by atoms with Crippen LogP contribution in [0.4, 0.5) is 23.7 Å². The number of piperidine rings is 1. The fraction of sp³-hybridized carbons (Fsp3) is 0.484. The van der Waals surface area contributed by atoms with Crippen LogP contribution in [0.25, 0.3) is 5.70 Å². The first-order valence-corrected chi connectivity index (χ1v) is 14.2. The molecule has 1 unspecified atom stereocenters. The quantitative estimate of drug-likeness (QED) is 0.380. The van der Waals surface area contributed by atoms with Crippen molar-refractivity contribution < 1.29 is 27.5 Å². The first kappa shape index (κ1) is 30.3. The van der Waals surface area contributed by atoms with E-state index in [4.69, 9.17) is 4.74 Å². The van der Waals surface area contributed by atoms with Crippen LogP contribution in [0.1, 0.15) is 51.5 Å². The third-order valence-electron chi connectivity index (χ3n) is 7.68. The molecule has 1 fully saturated rings. The van der Waals surface area contributed by atoms with Crippen LogP contribution in [0.5, 0.6) is 0 Å². The van der Waals surface area contributed by atoms with Crippen LogP contribution < -0.4 is 10.6 Å². The fourth-order valence-electron chi connectivity index (χ4n) is 5.60. The molecule has 1 aromatic carbocycles. The minimum Gasteiger partial charge on any atom is -0.495 e. The van der Waals surface area contributed by atoms with Gasteiger partial charge in [0.1, 0.15) is 12.6 Å². The number of amides is 3. The number of nitrogens with one attached hydrogen (secondary N) is 2. The third-order valence-corrected chi connectivity index (χ3v) is 7.68. The van der Waals surface area contributed by atoms with Crippen molar-refractivity contribution >= 4 is 23.3 Å². The molecule has 7 nitrogen and oxygen atoms in total. The Morgan fingerprint density at radius 1 is 1.12 bits per heavy atom. The monoisotopic (exact) mass is 572 g/mol. The molecule has 0 bridgehead atoms. The number of halogens is 3. The minimum absolute atomic E-state index is 0.121. The molecule has 2 heterocycles. The summed E-state index contributed by atoms with van der Waals surface area (Å²) >= 11 is 0. The van der Waals surface area contributed by atoms with Gasteiger partial charge in [-0.05, 0) is 43.5 Å². The molecular weight excluding hydrogens is 533 g/mol. The Bertz CT molecular complexity index is 1210. The number of allylic oxidation sites excluding steroid dienone is 5. The second-order valence-corrected chi connectivity index (χ2v) is 10.6. The summed E-state index contributed by atoms with van der Waals surface area (Å²) < 4.78 is 43.6. The zero-order valence-electron chi connectivity index (χ0n) is 23.7. The third kappa shape index (κ3) is 8.90. The number of rotatable bonds is 7. The van der Waals surface area contributed by atoms with Crippen molar-refractivity contribution in [1.82, 2.24) is 15.1 Å². The van der Waals surface area contributed by atoms with E-state index in [-0.39, 0.29) is 17.9 Å². The zero-order valence-corrected chi connectivity index (χ0v) is 23.7. The molecule has 4 rings (SSSR count). The number of anilines is 1. The van der Waals surface area contributed by atoms with Gasteiger partial charge in [-0.1, -0.05) is 42.0 Å². The number of ether oxygens (including phenoxy) is 1. The van der Waals surface area contributed by atoms with Crippen molar-refractivity contribution in [3.05, 3.63) is 71.5 Å². The van der Waals surface area contributed by atoms with Crippen LogP contribution in [-0.2, 0) is 9.53 Å². The van der Waals surface area contributed by atoms with E-state index in [1.54, 1.807) is 25.1 Å². The van der Waals surface area contributed by atoms with Gasteiger partial charge in [0.05, 0.1) is 5.76 Å².